The summed E-state index contributed by atoms with van der Waals surface area (Å²) in [5.41, 5.74) is 1.19. The van der Waals surface area contributed by atoms with Crippen LogP contribution in [0.5, 0.6) is 5.75 Å². The molecule has 0 aromatic heterocycles. The Kier molecular flexibility index (Phi) is 6.09. The fourth-order valence-corrected chi connectivity index (χ4v) is 2.98. The van der Waals surface area contributed by atoms with E-state index in [0.29, 0.717) is 6.42 Å². The predicted molar refractivity (Wildman–Crippen MR) is 83.6 cm³/mol. The van der Waals surface area contributed by atoms with E-state index in [-0.39, 0.29) is 18.0 Å². The first-order valence-electron chi connectivity index (χ1n) is 8.17. The fraction of sp³-hybridized carbons (Fsp3) is 0.611. The minimum absolute atomic E-state index is 0.00224. The van der Waals surface area contributed by atoms with Crippen molar-refractivity contribution in [2.45, 2.75) is 64.4 Å². The molecule has 0 saturated heterocycles. The van der Waals surface area contributed by atoms with Gasteiger partial charge in [0, 0.05) is 17.9 Å². The normalized spacial score (nSPS) is 21.8. The zero-order valence-corrected chi connectivity index (χ0v) is 13.1. The maximum Gasteiger partial charge on any atom is 0.305 e. The molecule has 3 heteroatoms. The number of benzene rings is 1. The van der Waals surface area contributed by atoms with Crippen LogP contribution in [0.15, 0.2) is 24.3 Å². The molecule has 0 N–H and O–H groups in total. The summed E-state index contributed by atoms with van der Waals surface area (Å²) >= 11 is 0. The molecule has 116 valence electrons. The van der Waals surface area contributed by atoms with E-state index < -0.39 is 0 Å². The third-order valence-corrected chi connectivity index (χ3v) is 4.05. The molecule has 0 amide bonds. The number of ether oxygens (including phenoxy) is 2. The number of hydrogen-bond donors (Lipinski definition) is 0. The number of para-hydroxylation sites is 1. The molecule has 2 atom stereocenters. The highest BCUT2D eigenvalue weighted by Crippen LogP contribution is 2.39. The second kappa shape index (κ2) is 8.06. The highest BCUT2D eigenvalue weighted by molar-refractivity contribution is 5.69. The lowest BCUT2D eigenvalue weighted by atomic mass is 9.81. The van der Waals surface area contributed by atoms with Crippen LogP contribution in [0.1, 0.15) is 63.9 Å². The average Bonchev–Trinajstić information content (AvgIpc) is 2.53. The van der Waals surface area contributed by atoms with E-state index in [4.69, 9.17) is 9.47 Å². The van der Waals surface area contributed by atoms with Gasteiger partial charge < -0.3 is 9.47 Å². The summed E-state index contributed by atoms with van der Waals surface area (Å²) in [5.74, 6) is 1.12. The zero-order valence-electron chi connectivity index (χ0n) is 13.1. The molecular weight excluding hydrogens is 264 g/mol. The van der Waals surface area contributed by atoms with Crippen molar-refractivity contribution in [3.05, 3.63) is 29.8 Å². The first-order valence-corrected chi connectivity index (χ1v) is 8.17. The number of esters is 1. The summed E-state index contributed by atoms with van der Waals surface area (Å²) < 4.78 is 11.6. The first-order chi connectivity index (χ1) is 10.3. The second-order valence-corrected chi connectivity index (χ2v) is 5.66. The van der Waals surface area contributed by atoms with E-state index in [1.54, 1.807) is 0 Å². The van der Waals surface area contributed by atoms with Gasteiger partial charge in [-0.25, -0.2) is 0 Å². The van der Waals surface area contributed by atoms with Crippen LogP contribution in [0, 0.1) is 0 Å². The molecule has 2 rings (SSSR count). The molecule has 1 fully saturated rings. The van der Waals surface area contributed by atoms with Gasteiger partial charge in [-0.3, -0.25) is 4.79 Å². The average molecular weight is 290 g/mol. The summed E-state index contributed by atoms with van der Waals surface area (Å²) in [6, 6.07) is 8.19. The minimum atomic E-state index is -0.0983. The molecule has 0 spiro atoms. The van der Waals surface area contributed by atoms with Crippen LogP contribution in [-0.4, -0.2) is 18.7 Å². The van der Waals surface area contributed by atoms with Crippen LogP contribution in [-0.2, 0) is 9.53 Å². The largest absolute Gasteiger partial charge is 0.493 e. The summed E-state index contributed by atoms with van der Waals surface area (Å²) in [5, 5.41) is 0. The van der Waals surface area contributed by atoms with Gasteiger partial charge in [-0.1, -0.05) is 38.5 Å². The Balaban J connectivity index is 2.18. The molecule has 0 heterocycles. The second-order valence-electron chi connectivity index (χ2n) is 5.66. The molecule has 0 radical (unpaired) electrons. The third kappa shape index (κ3) is 4.23. The van der Waals surface area contributed by atoms with Crippen molar-refractivity contribution in [1.82, 2.24) is 0 Å². The van der Waals surface area contributed by atoms with Gasteiger partial charge >= 0.3 is 5.97 Å². The summed E-state index contributed by atoms with van der Waals surface area (Å²) in [7, 11) is 0. The topological polar surface area (TPSA) is 35.5 Å². The number of carbonyl (C=O) groups is 1. The van der Waals surface area contributed by atoms with E-state index in [9.17, 15) is 4.79 Å². The van der Waals surface area contributed by atoms with Crippen molar-refractivity contribution < 1.29 is 14.3 Å². The van der Waals surface area contributed by atoms with Gasteiger partial charge in [0.25, 0.3) is 0 Å². The molecule has 3 nitrogen and oxygen atoms in total. The van der Waals surface area contributed by atoms with Crippen LogP contribution in [0.3, 0.4) is 0 Å². The fourth-order valence-electron chi connectivity index (χ4n) is 2.98. The molecule has 0 bridgehead atoms. The molecule has 2 unspecified atom stereocenters. The summed E-state index contributed by atoms with van der Waals surface area (Å²) in [6.07, 6.45) is 5.78. The lowest BCUT2D eigenvalue weighted by Gasteiger charge is -2.32. The molecule has 1 aromatic carbocycles. The van der Waals surface area contributed by atoms with Gasteiger partial charge in [-0.05, 0) is 31.7 Å². The van der Waals surface area contributed by atoms with Gasteiger partial charge in [0.15, 0.2) is 0 Å². The Morgan fingerprint density at radius 1 is 1.19 bits per heavy atom. The standard InChI is InChI=1S/C18H26O3/c1-3-13-20-16-11-7-5-9-14(16)15-10-6-8-12-17(15)21-18(19)4-2/h5,7,9,11,15,17H,3-4,6,8,10,12-13H2,1-2H3. The maximum atomic E-state index is 11.7. The van der Waals surface area contributed by atoms with Crippen molar-refractivity contribution in [2.24, 2.45) is 0 Å². The van der Waals surface area contributed by atoms with Crippen molar-refractivity contribution in [1.29, 1.82) is 0 Å². The molecule has 1 aliphatic rings. The van der Waals surface area contributed by atoms with E-state index in [1.807, 2.05) is 25.1 Å². The number of carbonyl (C=O) groups excluding carboxylic acids is 1. The van der Waals surface area contributed by atoms with Crippen molar-refractivity contribution in [3.8, 4) is 5.75 Å². The third-order valence-electron chi connectivity index (χ3n) is 4.05. The highest BCUT2D eigenvalue weighted by atomic mass is 16.5. The highest BCUT2D eigenvalue weighted by Gasteiger charge is 2.31. The molecule has 0 aliphatic heterocycles. The van der Waals surface area contributed by atoms with Crippen LogP contribution < -0.4 is 4.74 Å². The Bertz CT molecular complexity index is 456. The minimum Gasteiger partial charge on any atom is -0.493 e. The van der Waals surface area contributed by atoms with Gasteiger partial charge in [-0.15, -0.1) is 0 Å². The Labute approximate surface area is 127 Å². The van der Waals surface area contributed by atoms with E-state index in [2.05, 4.69) is 13.0 Å². The van der Waals surface area contributed by atoms with E-state index >= 15 is 0 Å². The molecule has 1 aromatic rings. The van der Waals surface area contributed by atoms with Gasteiger partial charge in [-0.2, -0.15) is 0 Å². The summed E-state index contributed by atoms with van der Waals surface area (Å²) in [4.78, 5) is 11.7. The van der Waals surface area contributed by atoms with E-state index in [1.165, 1.54) is 12.0 Å². The van der Waals surface area contributed by atoms with Crippen LogP contribution in [0.4, 0.5) is 0 Å². The monoisotopic (exact) mass is 290 g/mol. The first kappa shape index (κ1) is 15.9. The predicted octanol–water partition coefficient (Wildman–Crippen LogP) is 4.45. The van der Waals surface area contributed by atoms with Gasteiger partial charge in [0.1, 0.15) is 11.9 Å². The lowest BCUT2D eigenvalue weighted by Crippen LogP contribution is -2.28. The Morgan fingerprint density at radius 3 is 2.71 bits per heavy atom. The number of rotatable bonds is 6. The smallest absolute Gasteiger partial charge is 0.305 e. The Hall–Kier alpha value is -1.51. The van der Waals surface area contributed by atoms with Crippen molar-refractivity contribution in [3.63, 3.8) is 0 Å². The summed E-state index contributed by atoms with van der Waals surface area (Å²) in [6.45, 7) is 4.68. The van der Waals surface area contributed by atoms with E-state index in [0.717, 1.165) is 38.0 Å². The SMILES string of the molecule is CCCOc1ccccc1C1CCCCC1OC(=O)CC. The molecule has 1 saturated carbocycles. The van der Waals surface area contributed by atoms with Gasteiger partial charge in [0.05, 0.1) is 6.61 Å². The van der Waals surface area contributed by atoms with Crippen LogP contribution >= 0.6 is 0 Å². The Morgan fingerprint density at radius 2 is 1.95 bits per heavy atom. The number of hydrogen-bond acceptors (Lipinski definition) is 3. The van der Waals surface area contributed by atoms with Crippen molar-refractivity contribution in [2.75, 3.05) is 6.61 Å². The quantitative estimate of drug-likeness (QED) is 0.726. The van der Waals surface area contributed by atoms with Crippen molar-refractivity contribution >= 4 is 5.97 Å². The zero-order chi connectivity index (χ0) is 15.1. The molecule has 21 heavy (non-hydrogen) atoms. The molecular formula is C18H26O3. The van der Waals surface area contributed by atoms with Gasteiger partial charge in [0.2, 0.25) is 0 Å². The van der Waals surface area contributed by atoms with Crippen LogP contribution in [0.2, 0.25) is 0 Å². The maximum absolute atomic E-state index is 11.7. The molecule has 1 aliphatic carbocycles. The lowest BCUT2D eigenvalue weighted by molar-refractivity contribution is -0.151. The van der Waals surface area contributed by atoms with Crippen LogP contribution in [0.25, 0.3) is 0 Å².